The third-order valence-electron chi connectivity index (χ3n) is 3.78. The van der Waals surface area contributed by atoms with E-state index < -0.39 is 0 Å². The number of amides is 1. The number of aromatic nitrogens is 2. The van der Waals surface area contributed by atoms with E-state index in [1.807, 2.05) is 40.8 Å². The average molecular weight is 273 g/mol. The Balaban J connectivity index is 1.75. The molecule has 1 fully saturated rings. The van der Waals surface area contributed by atoms with Gasteiger partial charge in [0.1, 0.15) is 5.65 Å². The molecule has 0 aliphatic carbocycles. The molecule has 0 bridgehead atoms. The molecule has 0 N–H and O–H groups in total. The van der Waals surface area contributed by atoms with E-state index >= 15 is 0 Å². The summed E-state index contributed by atoms with van der Waals surface area (Å²) in [7, 11) is 0. The van der Waals surface area contributed by atoms with Gasteiger partial charge < -0.3 is 14.0 Å². The van der Waals surface area contributed by atoms with E-state index in [-0.39, 0.29) is 5.91 Å². The number of piperidine rings is 1. The topological polar surface area (TPSA) is 46.8 Å². The number of fused-ring (bicyclic) bond motifs is 1. The smallest absolute Gasteiger partial charge is 0.257 e. The van der Waals surface area contributed by atoms with Crippen LogP contribution in [0.2, 0.25) is 0 Å². The van der Waals surface area contributed by atoms with Gasteiger partial charge >= 0.3 is 0 Å². The highest BCUT2D eigenvalue weighted by Crippen LogP contribution is 2.18. The van der Waals surface area contributed by atoms with Crippen molar-refractivity contribution in [3.05, 3.63) is 36.3 Å². The number of rotatable bonds is 3. The van der Waals surface area contributed by atoms with Crippen molar-refractivity contribution in [2.75, 3.05) is 19.7 Å². The van der Waals surface area contributed by atoms with Crippen LogP contribution in [0.15, 0.2) is 30.7 Å². The second-order valence-corrected chi connectivity index (χ2v) is 5.03. The zero-order valence-electron chi connectivity index (χ0n) is 11.7. The van der Waals surface area contributed by atoms with Gasteiger partial charge in [-0.05, 0) is 31.9 Å². The Morgan fingerprint density at radius 2 is 2.20 bits per heavy atom. The van der Waals surface area contributed by atoms with E-state index in [0.717, 1.165) is 38.2 Å². The maximum absolute atomic E-state index is 12.6. The minimum Gasteiger partial charge on any atom is -0.378 e. The normalized spacial score (nSPS) is 16.8. The van der Waals surface area contributed by atoms with Crippen LogP contribution in [0.25, 0.3) is 5.65 Å². The molecule has 2 aromatic heterocycles. The molecule has 0 atom stereocenters. The first kappa shape index (κ1) is 13.1. The number of ether oxygens (including phenoxy) is 1. The lowest BCUT2D eigenvalue weighted by atomic mass is 10.1. The molecule has 3 heterocycles. The van der Waals surface area contributed by atoms with Gasteiger partial charge in [-0.25, -0.2) is 4.98 Å². The minimum atomic E-state index is 0.0664. The summed E-state index contributed by atoms with van der Waals surface area (Å²) < 4.78 is 7.50. The molecule has 0 aromatic carbocycles. The summed E-state index contributed by atoms with van der Waals surface area (Å²) in [6, 6.07) is 3.73. The number of pyridine rings is 1. The number of hydrogen-bond donors (Lipinski definition) is 0. The summed E-state index contributed by atoms with van der Waals surface area (Å²) in [4.78, 5) is 18.8. The Bertz CT molecular complexity index is 600. The fraction of sp³-hybridized carbons (Fsp3) is 0.467. The van der Waals surface area contributed by atoms with E-state index in [0.29, 0.717) is 11.7 Å². The van der Waals surface area contributed by atoms with Gasteiger partial charge in [0.15, 0.2) is 0 Å². The lowest BCUT2D eigenvalue weighted by Gasteiger charge is -2.31. The van der Waals surface area contributed by atoms with Gasteiger partial charge in [-0.15, -0.1) is 0 Å². The molecule has 5 nitrogen and oxygen atoms in total. The second-order valence-electron chi connectivity index (χ2n) is 5.03. The molecule has 2 aromatic rings. The van der Waals surface area contributed by atoms with E-state index in [1.54, 1.807) is 6.20 Å². The molecule has 1 aliphatic heterocycles. The van der Waals surface area contributed by atoms with Gasteiger partial charge in [-0.2, -0.15) is 0 Å². The molecule has 0 radical (unpaired) electrons. The number of imidazole rings is 1. The number of carbonyl (C=O) groups excluding carboxylic acids is 1. The van der Waals surface area contributed by atoms with Crippen LogP contribution in [0, 0.1) is 0 Å². The summed E-state index contributed by atoms with van der Waals surface area (Å²) >= 11 is 0. The Kier molecular flexibility index (Phi) is 3.69. The molecule has 1 saturated heterocycles. The number of hydrogen-bond acceptors (Lipinski definition) is 3. The van der Waals surface area contributed by atoms with Crippen LogP contribution in [0.3, 0.4) is 0 Å². The quantitative estimate of drug-likeness (QED) is 0.859. The first-order chi connectivity index (χ1) is 9.79. The lowest BCUT2D eigenvalue weighted by Crippen LogP contribution is -2.41. The van der Waals surface area contributed by atoms with Crippen LogP contribution in [0.5, 0.6) is 0 Å². The van der Waals surface area contributed by atoms with Crippen molar-refractivity contribution in [3.63, 3.8) is 0 Å². The fourth-order valence-electron chi connectivity index (χ4n) is 2.75. The highest BCUT2D eigenvalue weighted by molar-refractivity contribution is 5.99. The van der Waals surface area contributed by atoms with Crippen LogP contribution in [0.1, 0.15) is 30.1 Å². The highest BCUT2D eigenvalue weighted by atomic mass is 16.5. The van der Waals surface area contributed by atoms with Crippen LogP contribution < -0.4 is 0 Å². The Morgan fingerprint density at radius 1 is 1.40 bits per heavy atom. The van der Waals surface area contributed by atoms with Gasteiger partial charge in [0.25, 0.3) is 5.91 Å². The van der Waals surface area contributed by atoms with Crippen molar-refractivity contribution < 1.29 is 9.53 Å². The van der Waals surface area contributed by atoms with Gasteiger partial charge in [0, 0.05) is 38.3 Å². The van der Waals surface area contributed by atoms with E-state index in [9.17, 15) is 4.79 Å². The van der Waals surface area contributed by atoms with E-state index in [2.05, 4.69) is 4.98 Å². The summed E-state index contributed by atoms with van der Waals surface area (Å²) in [5, 5.41) is 0. The second kappa shape index (κ2) is 5.63. The van der Waals surface area contributed by atoms with Gasteiger partial charge in [0.2, 0.25) is 0 Å². The van der Waals surface area contributed by atoms with Crippen LogP contribution >= 0.6 is 0 Å². The standard InChI is InChI=1S/C15H19N3O2/c1-2-20-12-5-9-18(10-6-12)15(19)13-4-3-8-17-11-7-16-14(13)17/h3-4,7-8,11-12H,2,5-6,9-10H2,1H3. The van der Waals surface area contributed by atoms with Crippen molar-refractivity contribution in [2.45, 2.75) is 25.9 Å². The molecule has 106 valence electrons. The molecule has 0 spiro atoms. The summed E-state index contributed by atoms with van der Waals surface area (Å²) in [6.45, 7) is 4.26. The predicted molar refractivity (Wildman–Crippen MR) is 75.7 cm³/mol. The molecular formula is C15H19N3O2. The Morgan fingerprint density at radius 3 is 2.95 bits per heavy atom. The van der Waals surface area contributed by atoms with E-state index in [4.69, 9.17) is 4.74 Å². The third kappa shape index (κ3) is 2.41. The Hall–Kier alpha value is -1.88. The van der Waals surface area contributed by atoms with Gasteiger partial charge in [-0.3, -0.25) is 4.79 Å². The summed E-state index contributed by atoms with van der Waals surface area (Å²) in [6.07, 6.45) is 7.60. The van der Waals surface area contributed by atoms with Crippen molar-refractivity contribution in [3.8, 4) is 0 Å². The minimum absolute atomic E-state index is 0.0664. The molecular weight excluding hydrogens is 254 g/mol. The van der Waals surface area contributed by atoms with Gasteiger partial charge in [-0.1, -0.05) is 0 Å². The van der Waals surface area contributed by atoms with E-state index in [1.165, 1.54) is 0 Å². The zero-order chi connectivity index (χ0) is 13.9. The monoisotopic (exact) mass is 273 g/mol. The maximum Gasteiger partial charge on any atom is 0.257 e. The molecule has 1 amide bonds. The molecule has 20 heavy (non-hydrogen) atoms. The number of likely N-dealkylation sites (tertiary alicyclic amines) is 1. The number of carbonyl (C=O) groups is 1. The Labute approximate surface area is 118 Å². The SMILES string of the molecule is CCOC1CCN(C(=O)c2cccn3ccnc23)CC1. The van der Waals surface area contributed by atoms with Gasteiger partial charge in [0.05, 0.1) is 11.7 Å². The first-order valence-corrected chi connectivity index (χ1v) is 7.12. The predicted octanol–water partition coefficient (Wildman–Crippen LogP) is 1.98. The molecule has 0 unspecified atom stereocenters. The van der Waals surface area contributed by atoms with Crippen LogP contribution in [-0.4, -0.2) is 46.0 Å². The van der Waals surface area contributed by atoms with Crippen molar-refractivity contribution in [1.82, 2.24) is 14.3 Å². The van der Waals surface area contributed by atoms with Crippen LogP contribution in [0.4, 0.5) is 0 Å². The molecule has 0 saturated carbocycles. The lowest BCUT2D eigenvalue weighted by molar-refractivity contribution is 0.0146. The molecule has 1 aliphatic rings. The fourth-order valence-corrected chi connectivity index (χ4v) is 2.75. The third-order valence-corrected chi connectivity index (χ3v) is 3.78. The molecule has 3 rings (SSSR count). The maximum atomic E-state index is 12.6. The molecule has 5 heteroatoms. The van der Waals surface area contributed by atoms with Crippen molar-refractivity contribution in [1.29, 1.82) is 0 Å². The first-order valence-electron chi connectivity index (χ1n) is 7.12. The van der Waals surface area contributed by atoms with Crippen LogP contribution in [-0.2, 0) is 4.74 Å². The summed E-state index contributed by atoms with van der Waals surface area (Å²) in [5.41, 5.74) is 1.40. The summed E-state index contributed by atoms with van der Waals surface area (Å²) in [5.74, 6) is 0.0664. The van der Waals surface area contributed by atoms with Crippen molar-refractivity contribution in [2.24, 2.45) is 0 Å². The zero-order valence-corrected chi connectivity index (χ0v) is 11.7. The van der Waals surface area contributed by atoms with Crippen molar-refractivity contribution >= 4 is 11.6 Å². The highest BCUT2D eigenvalue weighted by Gasteiger charge is 2.25. The average Bonchev–Trinajstić information content (AvgIpc) is 2.96. The number of nitrogens with zero attached hydrogens (tertiary/aromatic N) is 3. The largest absolute Gasteiger partial charge is 0.378 e.